The van der Waals surface area contributed by atoms with E-state index in [1.54, 1.807) is 0 Å². The average molecular weight is 235 g/mol. The lowest BCUT2D eigenvalue weighted by molar-refractivity contribution is -0.139. The minimum atomic E-state index is -0.472. The molecule has 0 aromatic heterocycles. The van der Waals surface area contributed by atoms with E-state index in [2.05, 4.69) is 31.2 Å². The van der Waals surface area contributed by atoms with Crippen molar-refractivity contribution in [1.82, 2.24) is 0 Å². The highest BCUT2D eigenvalue weighted by atomic mass is 16.7. The van der Waals surface area contributed by atoms with Crippen molar-refractivity contribution in [2.75, 3.05) is 13.2 Å². The standard InChI is InChI=1S/C14H21NO2/c1-10(8-15)11-5-4-6-12(7-11)13-9-16-14(2,3)17-13/h4-7,10,13H,8-9,15H2,1-3H3. The first-order valence-electron chi connectivity index (χ1n) is 6.13. The van der Waals surface area contributed by atoms with Crippen molar-refractivity contribution in [2.45, 2.75) is 38.6 Å². The fourth-order valence-electron chi connectivity index (χ4n) is 2.05. The Bertz CT molecular complexity index is 390. The summed E-state index contributed by atoms with van der Waals surface area (Å²) in [5.41, 5.74) is 8.13. The first-order chi connectivity index (χ1) is 8.02. The summed E-state index contributed by atoms with van der Waals surface area (Å²) in [5.74, 6) is -0.0922. The van der Waals surface area contributed by atoms with Crippen LogP contribution in [0.25, 0.3) is 0 Å². The molecule has 3 nitrogen and oxygen atoms in total. The van der Waals surface area contributed by atoms with E-state index in [9.17, 15) is 0 Å². The number of ether oxygens (including phenoxy) is 2. The van der Waals surface area contributed by atoms with Crippen LogP contribution in [0.15, 0.2) is 24.3 Å². The second kappa shape index (κ2) is 4.77. The summed E-state index contributed by atoms with van der Waals surface area (Å²) in [4.78, 5) is 0. The van der Waals surface area contributed by atoms with E-state index in [-0.39, 0.29) is 6.10 Å². The van der Waals surface area contributed by atoms with Gasteiger partial charge in [-0.25, -0.2) is 0 Å². The van der Waals surface area contributed by atoms with Crippen LogP contribution in [-0.4, -0.2) is 18.9 Å². The molecule has 0 saturated carbocycles. The van der Waals surface area contributed by atoms with Crippen molar-refractivity contribution in [3.05, 3.63) is 35.4 Å². The monoisotopic (exact) mass is 235 g/mol. The molecular formula is C14H21NO2. The molecule has 94 valence electrons. The lowest BCUT2D eigenvalue weighted by Crippen LogP contribution is -2.19. The quantitative estimate of drug-likeness (QED) is 0.875. The molecule has 1 saturated heterocycles. The third-order valence-corrected chi connectivity index (χ3v) is 3.21. The Hall–Kier alpha value is -0.900. The zero-order valence-corrected chi connectivity index (χ0v) is 10.8. The van der Waals surface area contributed by atoms with Crippen LogP contribution < -0.4 is 5.73 Å². The Labute approximate surface area is 103 Å². The molecule has 1 aromatic carbocycles. The highest BCUT2D eigenvalue weighted by Gasteiger charge is 2.33. The Morgan fingerprint density at radius 1 is 1.47 bits per heavy atom. The van der Waals surface area contributed by atoms with Gasteiger partial charge in [0.1, 0.15) is 6.10 Å². The van der Waals surface area contributed by atoms with E-state index in [4.69, 9.17) is 15.2 Å². The number of hydrogen-bond donors (Lipinski definition) is 1. The zero-order chi connectivity index (χ0) is 12.5. The van der Waals surface area contributed by atoms with E-state index in [0.717, 1.165) is 0 Å². The minimum Gasteiger partial charge on any atom is -0.347 e. The Morgan fingerprint density at radius 3 is 2.82 bits per heavy atom. The second-order valence-electron chi connectivity index (χ2n) is 5.12. The molecule has 0 radical (unpaired) electrons. The topological polar surface area (TPSA) is 44.5 Å². The van der Waals surface area contributed by atoms with Crippen LogP contribution in [0.3, 0.4) is 0 Å². The van der Waals surface area contributed by atoms with E-state index in [0.29, 0.717) is 19.1 Å². The summed E-state index contributed by atoms with van der Waals surface area (Å²) >= 11 is 0. The van der Waals surface area contributed by atoms with Crippen LogP contribution in [0.4, 0.5) is 0 Å². The highest BCUT2D eigenvalue weighted by Crippen LogP contribution is 2.33. The number of hydrogen-bond acceptors (Lipinski definition) is 3. The van der Waals surface area contributed by atoms with Crippen LogP contribution in [0.1, 0.15) is 43.9 Å². The van der Waals surface area contributed by atoms with Gasteiger partial charge in [0.15, 0.2) is 5.79 Å². The van der Waals surface area contributed by atoms with E-state index in [1.807, 2.05) is 13.8 Å². The van der Waals surface area contributed by atoms with Crippen LogP contribution in [0.5, 0.6) is 0 Å². The fourth-order valence-corrected chi connectivity index (χ4v) is 2.05. The summed E-state index contributed by atoms with van der Waals surface area (Å²) in [6, 6.07) is 8.43. The molecule has 0 spiro atoms. The largest absolute Gasteiger partial charge is 0.347 e. The smallest absolute Gasteiger partial charge is 0.163 e. The van der Waals surface area contributed by atoms with Crippen molar-refractivity contribution in [3.8, 4) is 0 Å². The van der Waals surface area contributed by atoms with E-state index >= 15 is 0 Å². The van der Waals surface area contributed by atoms with Gasteiger partial charge >= 0.3 is 0 Å². The van der Waals surface area contributed by atoms with Crippen molar-refractivity contribution in [1.29, 1.82) is 0 Å². The van der Waals surface area contributed by atoms with Gasteiger partial charge in [0, 0.05) is 0 Å². The number of rotatable bonds is 3. The molecule has 0 amide bonds. The van der Waals surface area contributed by atoms with Gasteiger partial charge in [0.05, 0.1) is 6.61 Å². The third kappa shape index (κ3) is 2.86. The molecule has 17 heavy (non-hydrogen) atoms. The molecule has 2 atom stereocenters. The summed E-state index contributed by atoms with van der Waals surface area (Å²) in [5, 5.41) is 0. The Kier molecular flexibility index (Phi) is 3.52. The van der Waals surface area contributed by atoms with Crippen LogP contribution >= 0.6 is 0 Å². The van der Waals surface area contributed by atoms with Gasteiger partial charge in [-0.1, -0.05) is 31.2 Å². The lowest BCUT2D eigenvalue weighted by Gasteiger charge is -2.18. The molecule has 1 aliphatic heterocycles. The Balaban J connectivity index is 2.17. The molecule has 1 fully saturated rings. The maximum absolute atomic E-state index is 5.85. The fraction of sp³-hybridized carbons (Fsp3) is 0.571. The first kappa shape index (κ1) is 12.6. The second-order valence-corrected chi connectivity index (χ2v) is 5.12. The van der Waals surface area contributed by atoms with E-state index in [1.165, 1.54) is 11.1 Å². The minimum absolute atomic E-state index is 0.0370. The summed E-state index contributed by atoms with van der Waals surface area (Å²) < 4.78 is 11.4. The molecule has 2 rings (SSSR count). The van der Waals surface area contributed by atoms with Gasteiger partial charge in [-0.3, -0.25) is 0 Å². The van der Waals surface area contributed by atoms with E-state index < -0.39 is 5.79 Å². The summed E-state index contributed by atoms with van der Waals surface area (Å²) in [7, 11) is 0. The van der Waals surface area contributed by atoms with Gasteiger partial charge in [-0.2, -0.15) is 0 Å². The molecule has 2 N–H and O–H groups in total. The molecule has 3 heteroatoms. The lowest BCUT2D eigenvalue weighted by atomic mass is 9.97. The average Bonchev–Trinajstić information content (AvgIpc) is 2.69. The van der Waals surface area contributed by atoms with Gasteiger partial charge in [-0.15, -0.1) is 0 Å². The number of benzene rings is 1. The maximum Gasteiger partial charge on any atom is 0.163 e. The van der Waals surface area contributed by atoms with Gasteiger partial charge in [0.2, 0.25) is 0 Å². The molecular weight excluding hydrogens is 214 g/mol. The zero-order valence-electron chi connectivity index (χ0n) is 10.8. The number of nitrogens with two attached hydrogens (primary N) is 1. The first-order valence-corrected chi connectivity index (χ1v) is 6.13. The van der Waals surface area contributed by atoms with Crippen LogP contribution in [-0.2, 0) is 9.47 Å². The molecule has 2 unspecified atom stereocenters. The molecule has 1 aromatic rings. The van der Waals surface area contributed by atoms with Gasteiger partial charge in [-0.05, 0) is 37.4 Å². The molecule has 1 aliphatic rings. The normalized spacial score (nSPS) is 24.8. The maximum atomic E-state index is 5.85. The van der Waals surface area contributed by atoms with Crippen LogP contribution in [0, 0.1) is 0 Å². The molecule has 0 bridgehead atoms. The van der Waals surface area contributed by atoms with Crippen molar-refractivity contribution in [3.63, 3.8) is 0 Å². The van der Waals surface area contributed by atoms with Crippen molar-refractivity contribution in [2.24, 2.45) is 5.73 Å². The molecule has 1 heterocycles. The predicted molar refractivity (Wildman–Crippen MR) is 67.8 cm³/mol. The van der Waals surface area contributed by atoms with Crippen molar-refractivity contribution < 1.29 is 9.47 Å². The SMILES string of the molecule is CC(CN)c1cccc(C2COC(C)(C)O2)c1. The van der Waals surface area contributed by atoms with Gasteiger partial charge < -0.3 is 15.2 Å². The van der Waals surface area contributed by atoms with Crippen LogP contribution in [0.2, 0.25) is 0 Å². The van der Waals surface area contributed by atoms with Gasteiger partial charge in [0.25, 0.3) is 0 Å². The summed E-state index contributed by atoms with van der Waals surface area (Å²) in [6.45, 7) is 7.30. The third-order valence-electron chi connectivity index (χ3n) is 3.21. The molecule has 0 aliphatic carbocycles. The predicted octanol–water partition coefficient (Wildman–Crippen LogP) is 2.57. The highest BCUT2D eigenvalue weighted by molar-refractivity contribution is 5.28. The Morgan fingerprint density at radius 2 is 2.24 bits per heavy atom. The summed E-state index contributed by atoms with van der Waals surface area (Å²) in [6.07, 6.45) is 0.0370. The van der Waals surface area contributed by atoms with Crippen molar-refractivity contribution >= 4 is 0 Å².